The largest absolute Gasteiger partial charge is 0.507 e. The second-order valence-electron chi connectivity index (χ2n) is 8.37. The number of halogens is 1. The molecule has 6 heteroatoms. The van der Waals surface area contributed by atoms with E-state index in [0.717, 1.165) is 35.6 Å². The molecule has 2 N–H and O–H groups in total. The number of rotatable bonds is 2. The Kier molecular flexibility index (Phi) is 4.32. The van der Waals surface area contributed by atoms with Gasteiger partial charge in [0, 0.05) is 29.4 Å². The summed E-state index contributed by atoms with van der Waals surface area (Å²) in [7, 11) is 0. The highest BCUT2D eigenvalue weighted by Crippen LogP contribution is 2.39. The Morgan fingerprint density at radius 3 is 2.93 bits per heavy atom. The number of benzene rings is 1. The van der Waals surface area contributed by atoms with Gasteiger partial charge in [-0.25, -0.2) is 4.39 Å². The number of hydrogen-bond acceptors (Lipinski definition) is 5. The predicted octanol–water partition coefficient (Wildman–Crippen LogP) is 4.42. The summed E-state index contributed by atoms with van der Waals surface area (Å²) in [5, 5.41) is 24.2. The minimum absolute atomic E-state index is 0.133. The van der Waals surface area contributed by atoms with Crippen molar-refractivity contribution < 1.29 is 9.50 Å². The summed E-state index contributed by atoms with van der Waals surface area (Å²) in [5.74, 6) is 0.133. The second kappa shape index (κ2) is 6.88. The van der Waals surface area contributed by atoms with Crippen LogP contribution in [0.4, 0.5) is 4.39 Å². The Bertz CT molecular complexity index is 1100. The van der Waals surface area contributed by atoms with Crippen LogP contribution in [0.25, 0.3) is 28.1 Å². The number of aromatic nitrogens is 3. The number of aromatic hydroxyl groups is 1. The number of phenols is 1. The van der Waals surface area contributed by atoms with Crippen LogP contribution in [0.5, 0.6) is 5.75 Å². The van der Waals surface area contributed by atoms with Crippen LogP contribution in [0.3, 0.4) is 0 Å². The van der Waals surface area contributed by atoms with Crippen LogP contribution in [0.1, 0.15) is 38.3 Å². The van der Waals surface area contributed by atoms with Gasteiger partial charge in [0.2, 0.25) is 0 Å². The van der Waals surface area contributed by atoms with Crippen molar-refractivity contribution in [1.29, 1.82) is 0 Å². The lowest BCUT2D eigenvalue weighted by Gasteiger charge is -2.47. The molecule has 2 aliphatic rings. The van der Waals surface area contributed by atoms with Crippen LogP contribution >= 0.6 is 0 Å². The quantitative estimate of drug-likeness (QED) is 0.678. The molecule has 5 rings (SSSR count). The summed E-state index contributed by atoms with van der Waals surface area (Å²) >= 11 is 0. The number of hydrogen-bond donors (Lipinski definition) is 2. The van der Waals surface area contributed by atoms with E-state index in [0.29, 0.717) is 29.4 Å². The maximum atomic E-state index is 15.1. The fourth-order valence-electron chi connectivity index (χ4n) is 4.69. The number of nitrogens with zero attached hydrogens (tertiary/aromatic N) is 3. The third-order valence-electron chi connectivity index (χ3n) is 6.20. The third kappa shape index (κ3) is 3.27. The molecule has 0 radical (unpaired) electrons. The van der Waals surface area contributed by atoms with E-state index in [4.69, 9.17) is 0 Å². The first-order chi connectivity index (χ1) is 14.0. The monoisotopic (exact) mass is 390 g/mol. The van der Waals surface area contributed by atoms with Gasteiger partial charge in [0.25, 0.3) is 0 Å². The molecule has 148 valence electrons. The fourth-order valence-corrected chi connectivity index (χ4v) is 4.69. The van der Waals surface area contributed by atoms with Gasteiger partial charge in [-0.3, -0.25) is 4.98 Å². The molecule has 2 saturated heterocycles. The Hall–Kier alpha value is -2.86. The molecule has 2 bridgehead atoms. The van der Waals surface area contributed by atoms with E-state index >= 15 is 4.39 Å². The van der Waals surface area contributed by atoms with E-state index in [1.54, 1.807) is 18.5 Å². The van der Waals surface area contributed by atoms with Crippen molar-refractivity contribution in [3.05, 3.63) is 54.0 Å². The molecule has 3 atom stereocenters. The lowest BCUT2D eigenvalue weighted by Crippen LogP contribution is -2.61. The number of nitrogens with one attached hydrogen (secondary N) is 1. The summed E-state index contributed by atoms with van der Waals surface area (Å²) in [6, 6.07) is 9.43. The molecule has 0 amide bonds. The SMILES string of the molecule is C[C@]12CCC[C@H](C/C(=C\c3ccc(-c4cc5ccncc5cc4O)nn3)[C@@H]1F)N2. The summed E-state index contributed by atoms with van der Waals surface area (Å²) in [6.45, 7) is 1.98. The summed E-state index contributed by atoms with van der Waals surface area (Å²) in [5.41, 5.74) is 2.14. The van der Waals surface area contributed by atoms with Crippen molar-refractivity contribution in [2.75, 3.05) is 0 Å². The van der Waals surface area contributed by atoms with Gasteiger partial charge >= 0.3 is 0 Å². The smallest absolute Gasteiger partial charge is 0.139 e. The zero-order chi connectivity index (χ0) is 20.0. The van der Waals surface area contributed by atoms with Gasteiger partial charge in [-0.1, -0.05) is 0 Å². The van der Waals surface area contributed by atoms with Crippen molar-refractivity contribution in [3.63, 3.8) is 0 Å². The number of fused-ring (bicyclic) bond motifs is 3. The van der Waals surface area contributed by atoms with Crippen LogP contribution < -0.4 is 5.32 Å². The van der Waals surface area contributed by atoms with E-state index in [1.807, 2.05) is 37.3 Å². The molecular formula is C23H23FN4O. The second-order valence-corrected chi connectivity index (χ2v) is 8.37. The molecule has 0 saturated carbocycles. The highest BCUT2D eigenvalue weighted by Gasteiger charge is 2.45. The standard InChI is InChI=1S/C23H23FN4O/c1-23-7-2-3-17(26-23)9-15(22(23)24)10-18-4-5-20(28-27-18)19-11-14-6-8-25-13-16(14)12-21(19)29/h4-6,8,10-13,17,22,26,29H,2-3,7,9H2,1H3/b15-10+/t17-,22+,23+/m1/s1. The van der Waals surface area contributed by atoms with Crippen LogP contribution in [-0.4, -0.2) is 38.0 Å². The van der Waals surface area contributed by atoms with E-state index in [-0.39, 0.29) is 5.75 Å². The van der Waals surface area contributed by atoms with Crippen molar-refractivity contribution >= 4 is 16.8 Å². The molecule has 2 fully saturated rings. The van der Waals surface area contributed by atoms with Crippen LogP contribution in [0, 0.1) is 0 Å². The van der Waals surface area contributed by atoms with Gasteiger partial charge < -0.3 is 10.4 Å². The molecule has 1 aromatic carbocycles. The molecule has 29 heavy (non-hydrogen) atoms. The first-order valence-electron chi connectivity index (χ1n) is 10.0. The summed E-state index contributed by atoms with van der Waals surface area (Å²) < 4.78 is 15.1. The van der Waals surface area contributed by atoms with Crippen LogP contribution in [0.2, 0.25) is 0 Å². The molecule has 5 nitrogen and oxygen atoms in total. The number of piperidine rings is 2. The molecule has 2 aliphatic heterocycles. The Morgan fingerprint density at radius 2 is 2.10 bits per heavy atom. The van der Waals surface area contributed by atoms with Crippen molar-refractivity contribution in [1.82, 2.24) is 20.5 Å². The molecule has 0 aliphatic carbocycles. The van der Waals surface area contributed by atoms with Crippen LogP contribution in [-0.2, 0) is 0 Å². The van der Waals surface area contributed by atoms with Crippen molar-refractivity contribution in [2.24, 2.45) is 0 Å². The molecule has 0 spiro atoms. The van der Waals surface area contributed by atoms with Crippen molar-refractivity contribution in [3.8, 4) is 17.0 Å². The third-order valence-corrected chi connectivity index (χ3v) is 6.20. The average Bonchev–Trinajstić information content (AvgIpc) is 2.72. The molecular weight excluding hydrogens is 367 g/mol. The van der Waals surface area contributed by atoms with Crippen molar-refractivity contribution in [2.45, 2.75) is 50.4 Å². The van der Waals surface area contributed by atoms with Gasteiger partial charge in [0.1, 0.15) is 11.9 Å². The molecule has 0 unspecified atom stereocenters. The normalized spacial score (nSPS) is 28.0. The fraction of sp³-hybridized carbons (Fsp3) is 0.348. The van der Waals surface area contributed by atoms with E-state index in [2.05, 4.69) is 20.5 Å². The highest BCUT2D eigenvalue weighted by molar-refractivity contribution is 5.89. The molecule has 2 aromatic heterocycles. The maximum Gasteiger partial charge on any atom is 0.139 e. The van der Waals surface area contributed by atoms with Gasteiger partial charge in [0.15, 0.2) is 0 Å². The van der Waals surface area contributed by atoms with E-state index in [1.165, 1.54) is 0 Å². The minimum Gasteiger partial charge on any atom is -0.507 e. The maximum absolute atomic E-state index is 15.1. The highest BCUT2D eigenvalue weighted by atomic mass is 19.1. The zero-order valence-corrected chi connectivity index (χ0v) is 16.3. The average molecular weight is 390 g/mol. The van der Waals surface area contributed by atoms with E-state index in [9.17, 15) is 5.11 Å². The molecule has 4 heterocycles. The molecule has 3 aromatic rings. The minimum atomic E-state index is -1.02. The van der Waals surface area contributed by atoms with Gasteiger partial charge in [-0.05, 0) is 80.0 Å². The number of alkyl halides is 1. The lowest BCUT2D eigenvalue weighted by molar-refractivity contribution is 0.0993. The predicted molar refractivity (Wildman–Crippen MR) is 111 cm³/mol. The summed E-state index contributed by atoms with van der Waals surface area (Å²) in [4.78, 5) is 4.07. The zero-order valence-electron chi connectivity index (χ0n) is 16.3. The van der Waals surface area contributed by atoms with Gasteiger partial charge in [0.05, 0.1) is 16.9 Å². The lowest BCUT2D eigenvalue weighted by atomic mass is 9.74. The van der Waals surface area contributed by atoms with Gasteiger partial charge in [-0.2, -0.15) is 5.10 Å². The number of phenolic OH excluding ortho intramolecular Hbond substituents is 1. The van der Waals surface area contributed by atoms with Crippen LogP contribution in [0.15, 0.2) is 48.3 Å². The first-order valence-corrected chi connectivity index (χ1v) is 10.0. The first kappa shape index (κ1) is 18.2. The Labute approximate surface area is 168 Å². The Morgan fingerprint density at radius 1 is 1.21 bits per heavy atom. The van der Waals surface area contributed by atoms with E-state index < -0.39 is 11.7 Å². The summed E-state index contributed by atoms with van der Waals surface area (Å²) in [6.07, 6.45) is 7.96. The number of pyridine rings is 1. The van der Waals surface area contributed by atoms with Gasteiger partial charge in [-0.15, -0.1) is 5.10 Å². The Balaban J connectivity index is 1.45. The topological polar surface area (TPSA) is 70.9 Å².